The molecule has 0 fully saturated rings. The molecule has 1 amide bonds. The molecule has 28 heavy (non-hydrogen) atoms. The van der Waals surface area contributed by atoms with Gasteiger partial charge in [-0.15, -0.1) is 0 Å². The number of allylic oxidation sites excluding steroid dienone is 1. The molecule has 0 spiro atoms. The molecule has 2 aromatic rings. The molecule has 0 radical (unpaired) electrons. The highest BCUT2D eigenvalue weighted by molar-refractivity contribution is 6.01. The van der Waals surface area contributed by atoms with Gasteiger partial charge in [-0.05, 0) is 36.4 Å². The number of carbonyl (C=O) groups excluding carboxylic acids is 1. The van der Waals surface area contributed by atoms with E-state index in [0.29, 0.717) is 5.69 Å². The molecular weight excluding hydrogens is 354 g/mol. The monoisotopic (exact) mass is 377 g/mol. The van der Waals surface area contributed by atoms with Crippen LogP contribution in [0.3, 0.4) is 0 Å². The normalized spacial score (nSPS) is 15.1. The fourth-order valence-corrected chi connectivity index (χ4v) is 2.71. The molecule has 0 saturated carbocycles. The Kier molecular flexibility index (Phi) is 5.96. The molecule has 7 nitrogen and oxygen atoms in total. The highest BCUT2D eigenvalue weighted by atomic mass is 16.5. The van der Waals surface area contributed by atoms with E-state index in [9.17, 15) is 4.79 Å². The number of nitrogens with zero attached hydrogens (tertiary/aromatic N) is 2. The number of anilines is 3. The molecule has 1 heterocycles. The number of para-hydroxylation sites is 2. The molecule has 1 unspecified atom stereocenters. The van der Waals surface area contributed by atoms with E-state index in [4.69, 9.17) is 4.74 Å². The fraction of sp³-hybridized carbons (Fsp3) is 0.143. The number of aliphatic imine (C=N–C) groups is 1. The minimum absolute atomic E-state index is 0.271. The highest BCUT2D eigenvalue weighted by Crippen LogP contribution is 2.24. The lowest BCUT2D eigenvalue weighted by molar-refractivity contribution is -0.111. The molecule has 1 aliphatic rings. The van der Waals surface area contributed by atoms with E-state index in [0.717, 1.165) is 22.9 Å². The van der Waals surface area contributed by atoms with Crippen LogP contribution < -0.4 is 25.6 Å². The summed E-state index contributed by atoms with van der Waals surface area (Å²) in [5.74, 6) is 1.39. The third kappa shape index (κ3) is 4.50. The Bertz CT molecular complexity index is 923. The summed E-state index contributed by atoms with van der Waals surface area (Å²) in [6.45, 7) is 3.48. The van der Waals surface area contributed by atoms with Crippen LogP contribution in [0.1, 0.15) is 0 Å². The Morgan fingerprint density at radius 3 is 2.79 bits per heavy atom. The molecule has 0 aliphatic carbocycles. The summed E-state index contributed by atoms with van der Waals surface area (Å²) < 4.78 is 5.30. The minimum atomic E-state index is -0.394. The molecule has 2 aromatic carbocycles. The largest absolute Gasteiger partial charge is 0.497 e. The van der Waals surface area contributed by atoms with Gasteiger partial charge in [0.05, 0.1) is 18.5 Å². The number of ether oxygens (including phenoxy) is 1. The Labute approximate surface area is 164 Å². The zero-order chi connectivity index (χ0) is 19.9. The first kappa shape index (κ1) is 19.0. The van der Waals surface area contributed by atoms with E-state index < -0.39 is 6.29 Å². The van der Waals surface area contributed by atoms with Gasteiger partial charge in [0.2, 0.25) is 5.91 Å². The van der Waals surface area contributed by atoms with E-state index in [1.165, 1.54) is 6.08 Å². The maximum atomic E-state index is 11.6. The van der Waals surface area contributed by atoms with Crippen LogP contribution in [0.25, 0.3) is 0 Å². The zero-order valence-corrected chi connectivity index (χ0v) is 15.8. The number of rotatable bonds is 7. The highest BCUT2D eigenvalue weighted by Gasteiger charge is 2.16. The minimum Gasteiger partial charge on any atom is -0.497 e. The van der Waals surface area contributed by atoms with Gasteiger partial charge in [-0.3, -0.25) is 4.79 Å². The predicted molar refractivity (Wildman–Crippen MR) is 114 cm³/mol. The van der Waals surface area contributed by atoms with Crippen molar-refractivity contribution in [2.75, 3.05) is 29.7 Å². The molecule has 0 aromatic heterocycles. The Morgan fingerprint density at radius 1 is 1.25 bits per heavy atom. The van der Waals surface area contributed by atoms with Gasteiger partial charge in [0.25, 0.3) is 0 Å². The quantitative estimate of drug-likeness (QED) is 0.646. The van der Waals surface area contributed by atoms with Gasteiger partial charge >= 0.3 is 0 Å². The van der Waals surface area contributed by atoms with Gasteiger partial charge in [0.15, 0.2) is 6.29 Å². The van der Waals surface area contributed by atoms with Crippen LogP contribution in [0, 0.1) is 0 Å². The van der Waals surface area contributed by atoms with Crippen LogP contribution in [-0.4, -0.2) is 32.6 Å². The van der Waals surface area contributed by atoms with Crippen molar-refractivity contribution in [2.45, 2.75) is 6.29 Å². The summed E-state index contributed by atoms with van der Waals surface area (Å²) in [7, 11) is 3.61. The van der Waals surface area contributed by atoms with E-state index in [1.54, 1.807) is 13.3 Å². The summed E-state index contributed by atoms with van der Waals surface area (Å²) in [5, 5.41) is 9.41. The molecule has 3 rings (SSSR count). The van der Waals surface area contributed by atoms with Crippen molar-refractivity contribution in [3.05, 3.63) is 73.1 Å². The third-order valence-electron chi connectivity index (χ3n) is 4.22. The van der Waals surface area contributed by atoms with Crippen molar-refractivity contribution in [1.29, 1.82) is 0 Å². The topological polar surface area (TPSA) is 78.0 Å². The molecule has 0 saturated heterocycles. The maximum Gasteiger partial charge on any atom is 0.247 e. The number of methoxy groups -OCH3 is 1. The zero-order valence-electron chi connectivity index (χ0n) is 15.8. The van der Waals surface area contributed by atoms with E-state index >= 15 is 0 Å². The van der Waals surface area contributed by atoms with Crippen LogP contribution >= 0.6 is 0 Å². The average molecular weight is 377 g/mol. The first-order valence-corrected chi connectivity index (χ1v) is 8.77. The van der Waals surface area contributed by atoms with Gasteiger partial charge in [0, 0.05) is 25.0 Å². The van der Waals surface area contributed by atoms with Gasteiger partial charge in [0.1, 0.15) is 11.6 Å². The number of carbonyl (C=O) groups is 1. The van der Waals surface area contributed by atoms with Crippen LogP contribution in [0.4, 0.5) is 17.1 Å². The van der Waals surface area contributed by atoms with E-state index in [2.05, 4.69) is 27.5 Å². The standard InChI is InChI=1S/C21H23N5O2/c1-4-20(27)23-17-10-5-6-11-18(17)24-21-22-13-12-19(25-21)26(2)15-8-7-9-16(14-15)28-3/h4-14,21,24-25H,1H2,2-3H3,(H,23,27). The van der Waals surface area contributed by atoms with Gasteiger partial charge in [-0.1, -0.05) is 24.8 Å². The molecule has 1 aliphatic heterocycles. The lowest BCUT2D eigenvalue weighted by atomic mass is 10.2. The maximum absolute atomic E-state index is 11.6. The third-order valence-corrected chi connectivity index (χ3v) is 4.22. The van der Waals surface area contributed by atoms with Crippen molar-refractivity contribution in [3.8, 4) is 5.75 Å². The molecule has 7 heteroatoms. The Balaban J connectivity index is 1.72. The SMILES string of the molecule is C=CC(=O)Nc1ccccc1NC1N=CC=C(N(C)c2cccc(OC)c2)N1. The number of nitrogens with one attached hydrogen (secondary N) is 3. The number of hydrogen-bond acceptors (Lipinski definition) is 6. The second kappa shape index (κ2) is 8.77. The van der Waals surface area contributed by atoms with Gasteiger partial charge in [-0.2, -0.15) is 0 Å². The molecule has 144 valence electrons. The first-order valence-electron chi connectivity index (χ1n) is 8.77. The van der Waals surface area contributed by atoms with Gasteiger partial charge in [-0.25, -0.2) is 4.99 Å². The van der Waals surface area contributed by atoms with Crippen LogP contribution in [-0.2, 0) is 4.79 Å². The second-order valence-corrected chi connectivity index (χ2v) is 6.04. The Hall–Kier alpha value is -3.74. The van der Waals surface area contributed by atoms with Crippen molar-refractivity contribution < 1.29 is 9.53 Å². The smallest absolute Gasteiger partial charge is 0.247 e. The summed E-state index contributed by atoms with van der Waals surface area (Å²) >= 11 is 0. The van der Waals surface area contributed by atoms with Crippen LogP contribution in [0.15, 0.2) is 78.1 Å². The Morgan fingerprint density at radius 2 is 2.04 bits per heavy atom. The first-order chi connectivity index (χ1) is 13.6. The van der Waals surface area contributed by atoms with E-state index in [-0.39, 0.29) is 5.91 Å². The van der Waals surface area contributed by atoms with E-state index in [1.807, 2.05) is 66.6 Å². The van der Waals surface area contributed by atoms with Crippen LogP contribution in [0.5, 0.6) is 5.75 Å². The number of amides is 1. The summed E-state index contributed by atoms with van der Waals surface area (Å²) in [5.41, 5.74) is 2.38. The van der Waals surface area contributed by atoms with Gasteiger partial charge < -0.3 is 25.6 Å². The molecule has 3 N–H and O–H groups in total. The van der Waals surface area contributed by atoms with Crippen molar-refractivity contribution in [2.24, 2.45) is 4.99 Å². The second-order valence-electron chi connectivity index (χ2n) is 6.04. The fourth-order valence-electron chi connectivity index (χ4n) is 2.71. The summed E-state index contributed by atoms with van der Waals surface area (Å²) in [4.78, 5) is 18.1. The molecule has 0 bridgehead atoms. The number of hydrogen-bond donors (Lipinski definition) is 3. The predicted octanol–water partition coefficient (Wildman–Crippen LogP) is 3.17. The molecule has 1 atom stereocenters. The summed E-state index contributed by atoms with van der Waals surface area (Å²) in [6, 6.07) is 15.2. The average Bonchev–Trinajstić information content (AvgIpc) is 2.74. The lowest BCUT2D eigenvalue weighted by Gasteiger charge is -2.30. The number of benzene rings is 2. The lowest BCUT2D eigenvalue weighted by Crippen LogP contribution is -2.41. The van der Waals surface area contributed by atoms with Crippen molar-refractivity contribution in [3.63, 3.8) is 0 Å². The van der Waals surface area contributed by atoms with Crippen molar-refractivity contribution in [1.82, 2.24) is 5.32 Å². The summed E-state index contributed by atoms with van der Waals surface area (Å²) in [6.07, 6.45) is 4.47. The molecular formula is C21H23N5O2. The van der Waals surface area contributed by atoms with Crippen LogP contribution in [0.2, 0.25) is 0 Å². The van der Waals surface area contributed by atoms with Crippen molar-refractivity contribution >= 4 is 29.2 Å².